The molecule has 0 aliphatic rings. The van der Waals surface area contributed by atoms with Gasteiger partial charge in [0.1, 0.15) is 0 Å². The average Bonchev–Trinajstić information content (AvgIpc) is 2.39. The first-order chi connectivity index (χ1) is 4.85. The SMILES string of the molecule is O=CO.O=Cc1cccs1. The van der Waals surface area contributed by atoms with E-state index < -0.39 is 0 Å². The topological polar surface area (TPSA) is 54.4 Å². The van der Waals surface area contributed by atoms with Crippen molar-refractivity contribution in [3.63, 3.8) is 0 Å². The van der Waals surface area contributed by atoms with E-state index in [1.54, 1.807) is 6.07 Å². The Hall–Kier alpha value is -1.16. The van der Waals surface area contributed by atoms with Crippen LogP contribution in [0.4, 0.5) is 0 Å². The Morgan fingerprint density at radius 1 is 1.50 bits per heavy atom. The van der Waals surface area contributed by atoms with Gasteiger partial charge in [-0.1, -0.05) is 6.07 Å². The van der Waals surface area contributed by atoms with Crippen LogP contribution in [-0.4, -0.2) is 17.9 Å². The van der Waals surface area contributed by atoms with E-state index in [0.717, 1.165) is 11.2 Å². The zero-order valence-electron chi connectivity index (χ0n) is 5.06. The van der Waals surface area contributed by atoms with E-state index in [9.17, 15) is 4.79 Å². The van der Waals surface area contributed by atoms with Gasteiger partial charge in [0.15, 0.2) is 6.29 Å². The fourth-order valence-electron chi connectivity index (χ4n) is 0.358. The van der Waals surface area contributed by atoms with Crippen molar-refractivity contribution in [1.29, 1.82) is 0 Å². The fourth-order valence-corrected chi connectivity index (χ4v) is 0.885. The molecule has 4 heteroatoms. The van der Waals surface area contributed by atoms with E-state index >= 15 is 0 Å². The lowest BCUT2D eigenvalue weighted by Crippen LogP contribution is -1.61. The predicted molar refractivity (Wildman–Crippen MR) is 38.4 cm³/mol. The van der Waals surface area contributed by atoms with Gasteiger partial charge < -0.3 is 5.11 Å². The first kappa shape index (κ1) is 8.84. The Kier molecular flexibility index (Phi) is 5.28. The van der Waals surface area contributed by atoms with Crippen molar-refractivity contribution in [3.05, 3.63) is 22.4 Å². The molecule has 10 heavy (non-hydrogen) atoms. The first-order valence-electron chi connectivity index (χ1n) is 2.41. The minimum absolute atomic E-state index is 0.250. The van der Waals surface area contributed by atoms with Crippen LogP contribution in [0.1, 0.15) is 9.67 Å². The van der Waals surface area contributed by atoms with Crippen LogP contribution in [0.25, 0.3) is 0 Å². The molecule has 1 rings (SSSR count). The van der Waals surface area contributed by atoms with Crippen molar-refractivity contribution in [3.8, 4) is 0 Å². The zero-order chi connectivity index (χ0) is 7.82. The van der Waals surface area contributed by atoms with Gasteiger partial charge >= 0.3 is 0 Å². The van der Waals surface area contributed by atoms with Gasteiger partial charge in [0.25, 0.3) is 6.47 Å². The molecule has 0 atom stereocenters. The highest BCUT2D eigenvalue weighted by molar-refractivity contribution is 7.11. The molecule has 0 radical (unpaired) electrons. The lowest BCUT2D eigenvalue weighted by atomic mass is 10.5. The second kappa shape index (κ2) is 5.97. The molecule has 0 aliphatic heterocycles. The molecular weight excluding hydrogens is 152 g/mol. The van der Waals surface area contributed by atoms with Crippen molar-refractivity contribution in [2.45, 2.75) is 0 Å². The van der Waals surface area contributed by atoms with E-state index in [1.165, 1.54) is 11.3 Å². The summed E-state index contributed by atoms with van der Waals surface area (Å²) in [5, 5.41) is 8.77. The van der Waals surface area contributed by atoms with Gasteiger partial charge in [-0.2, -0.15) is 0 Å². The van der Waals surface area contributed by atoms with Gasteiger partial charge in [-0.25, -0.2) is 0 Å². The van der Waals surface area contributed by atoms with E-state index in [1.807, 2.05) is 11.4 Å². The molecule has 1 N–H and O–H groups in total. The number of carbonyl (C=O) groups is 2. The molecule has 1 aromatic heterocycles. The maximum Gasteiger partial charge on any atom is 0.290 e. The van der Waals surface area contributed by atoms with E-state index in [0.29, 0.717) is 0 Å². The van der Waals surface area contributed by atoms with Crippen LogP contribution in [-0.2, 0) is 4.79 Å². The molecule has 0 aromatic carbocycles. The summed E-state index contributed by atoms with van der Waals surface area (Å²) in [5.74, 6) is 0. The second-order valence-electron chi connectivity index (χ2n) is 1.24. The monoisotopic (exact) mass is 158 g/mol. The van der Waals surface area contributed by atoms with Crippen molar-refractivity contribution in [2.24, 2.45) is 0 Å². The summed E-state index contributed by atoms with van der Waals surface area (Å²) in [6.45, 7) is -0.250. The average molecular weight is 158 g/mol. The third kappa shape index (κ3) is 3.80. The van der Waals surface area contributed by atoms with Crippen LogP contribution in [0.5, 0.6) is 0 Å². The van der Waals surface area contributed by atoms with E-state index in [4.69, 9.17) is 9.90 Å². The normalized spacial score (nSPS) is 7.20. The summed E-state index contributed by atoms with van der Waals surface area (Å²) in [6.07, 6.45) is 0.852. The van der Waals surface area contributed by atoms with Gasteiger partial charge in [0, 0.05) is 0 Å². The summed E-state index contributed by atoms with van der Waals surface area (Å²) >= 11 is 1.45. The third-order valence-corrected chi connectivity index (χ3v) is 1.46. The lowest BCUT2D eigenvalue weighted by Gasteiger charge is -1.66. The summed E-state index contributed by atoms with van der Waals surface area (Å²) in [5.41, 5.74) is 0. The van der Waals surface area contributed by atoms with Gasteiger partial charge in [0.2, 0.25) is 0 Å². The number of carbonyl (C=O) groups excluding carboxylic acids is 1. The Morgan fingerprint density at radius 3 is 2.30 bits per heavy atom. The smallest absolute Gasteiger partial charge is 0.290 e. The molecule has 3 nitrogen and oxygen atoms in total. The summed E-state index contributed by atoms with van der Waals surface area (Å²) < 4.78 is 0. The highest BCUT2D eigenvalue weighted by Gasteiger charge is 1.82. The van der Waals surface area contributed by atoms with Crippen molar-refractivity contribution in [2.75, 3.05) is 0 Å². The zero-order valence-corrected chi connectivity index (χ0v) is 5.88. The van der Waals surface area contributed by atoms with E-state index in [2.05, 4.69) is 0 Å². The van der Waals surface area contributed by atoms with Crippen LogP contribution in [0, 0.1) is 0 Å². The standard InChI is InChI=1S/C5H4OS.CH2O2/c6-4-5-2-1-3-7-5;2-1-3/h1-4H;1H,(H,2,3). The number of hydrogen-bond acceptors (Lipinski definition) is 3. The van der Waals surface area contributed by atoms with Crippen LogP contribution < -0.4 is 0 Å². The minimum Gasteiger partial charge on any atom is -0.483 e. The van der Waals surface area contributed by atoms with Gasteiger partial charge in [-0.3, -0.25) is 9.59 Å². The molecule has 0 amide bonds. The highest BCUT2D eigenvalue weighted by atomic mass is 32.1. The first-order valence-corrected chi connectivity index (χ1v) is 3.29. The van der Waals surface area contributed by atoms with Gasteiger partial charge in [-0.05, 0) is 11.4 Å². The Bertz CT molecular complexity index is 181. The number of rotatable bonds is 1. The van der Waals surface area contributed by atoms with Gasteiger partial charge in [-0.15, -0.1) is 11.3 Å². The molecule has 0 spiro atoms. The van der Waals surface area contributed by atoms with E-state index in [-0.39, 0.29) is 6.47 Å². The Morgan fingerprint density at radius 2 is 2.10 bits per heavy atom. The molecule has 1 aromatic rings. The molecule has 0 unspecified atom stereocenters. The third-order valence-electron chi connectivity index (χ3n) is 0.659. The predicted octanol–water partition coefficient (Wildman–Crippen LogP) is 1.26. The van der Waals surface area contributed by atoms with Crippen LogP contribution in [0.3, 0.4) is 0 Å². The molecule has 0 aliphatic carbocycles. The largest absolute Gasteiger partial charge is 0.483 e. The lowest BCUT2D eigenvalue weighted by molar-refractivity contribution is -0.122. The summed E-state index contributed by atoms with van der Waals surface area (Å²) in [6, 6.07) is 3.64. The van der Waals surface area contributed by atoms with Crippen LogP contribution in [0.2, 0.25) is 0 Å². The van der Waals surface area contributed by atoms with Crippen molar-refractivity contribution in [1.82, 2.24) is 0 Å². The molecule has 54 valence electrons. The molecule has 0 fully saturated rings. The van der Waals surface area contributed by atoms with Gasteiger partial charge in [0.05, 0.1) is 4.88 Å². The number of carboxylic acid groups (broad SMARTS) is 1. The Labute approximate surface area is 61.9 Å². The molecule has 0 saturated heterocycles. The number of thiophene rings is 1. The minimum atomic E-state index is -0.250. The maximum absolute atomic E-state index is 9.88. The highest BCUT2D eigenvalue weighted by Crippen LogP contribution is 2.03. The maximum atomic E-state index is 9.88. The quantitative estimate of drug-likeness (QED) is 0.626. The summed E-state index contributed by atoms with van der Waals surface area (Å²) in [7, 11) is 0. The molecule has 0 bridgehead atoms. The van der Waals surface area contributed by atoms with Crippen LogP contribution in [0.15, 0.2) is 17.5 Å². The number of aldehydes is 1. The number of hydrogen-bond donors (Lipinski definition) is 1. The fraction of sp³-hybridized carbons (Fsp3) is 0. The molecule has 0 saturated carbocycles. The van der Waals surface area contributed by atoms with Crippen LogP contribution >= 0.6 is 11.3 Å². The molecular formula is C6H6O3S. The summed E-state index contributed by atoms with van der Waals surface area (Å²) in [4.78, 5) is 19.0. The Balaban J connectivity index is 0.000000236. The second-order valence-corrected chi connectivity index (χ2v) is 2.22. The van der Waals surface area contributed by atoms with Crippen molar-refractivity contribution < 1.29 is 14.7 Å². The molecule has 1 heterocycles. The van der Waals surface area contributed by atoms with Crippen molar-refractivity contribution >= 4 is 24.1 Å².